The van der Waals surface area contributed by atoms with Gasteiger partial charge in [-0.05, 0) is 58.1 Å². The molecule has 2 atom stereocenters. The van der Waals surface area contributed by atoms with Gasteiger partial charge in [0.25, 0.3) is 0 Å². The molecule has 1 N–H and O–H groups in total. The highest BCUT2D eigenvalue weighted by Gasteiger charge is 2.30. The number of carbonyl (C=O) groups excluding carboxylic acids is 1. The number of para-hydroxylation sites is 2. The van der Waals surface area contributed by atoms with Crippen molar-refractivity contribution in [2.24, 2.45) is 5.92 Å². The van der Waals surface area contributed by atoms with Gasteiger partial charge in [-0.1, -0.05) is 18.6 Å². The molecule has 1 aromatic carbocycles. The zero-order valence-corrected chi connectivity index (χ0v) is 14.6. The molecule has 3 rings (SSSR count). The zero-order valence-electron chi connectivity index (χ0n) is 14.6. The van der Waals surface area contributed by atoms with Crippen molar-refractivity contribution in [1.82, 2.24) is 15.3 Å². The van der Waals surface area contributed by atoms with Gasteiger partial charge < -0.3 is 10.1 Å². The predicted molar refractivity (Wildman–Crippen MR) is 93.7 cm³/mol. The van der Waals surface area contributed by atoms with Crippen molar-refractivity contribution in [3.8, 4) is 0 Å². The first kappa shape index (κ1) is 16.7. The number of fused-ring (bicyclic) bond motifs is 1. The minimum atomic E-state index is -0.470. The molecule has 24 heavy (non-hydrogen) atoms. The molecule has 0 spiro atoms. The van der Waals surface area contributed by atoms with Crippen LogP contribution >= 0.6 is 0 Å². The molecule has 1 aliphatic rings. The topological polar surface area (TPSA) is 64.1 Å². The van der Waals surface area contributed by atoms with Gasteiger partial charge in [-0.15, -0.1) is 0 Å². The second-order valence-corrected chi connectivity index (χ2v) is 7.50. The maximum atomic E-state index is 12.0. The lowest BCUT2D eigenvalue weighted by molar-refractivity contribution is 0.0492. The van der Waals surface area contributed by atoms with Gasteiger partial charge in [-0.2, -0.15) is 0 Å². The number of rotatable bonds is 3. The Hall–Kier alpha value is -2.17. The quantitative estimate of drug-likeness (QED) is 0.929. The third-order valence-corrected chi connectivity index (χ3v) is 4.33. The van der Waals surface area contributed by atoms with E-state index < -0.39 is 5.60 Å². The molecular weight excluding hydrogens is 302 g/mol. The summed E-state index contributed by atoms with van der Waals surface area (Å²) in [5.41, 5.74) is 2.35. The fourth-order valence-corrected chi connectivity index (χ4v) is 3.29. The van der Waals surface area contributed by atoms with E-state index in [1.807, 2.05) is 51.2 Å². The molecule has 0 saturated heterocycles. The average Bonchev–Trinajstić information content (AvgIpc) is 2.92. The molecule has 1 amide bonds. The number of benzene rings is 1. The van der Waals surface area contributed by atoms with E-state index in [0.29, 0.717) is 5.92 Å². The summed E-state index contributed by atoms with van der Waals surface area (Å²) in [5, 5.41) is 3.03. The van der Waals surface area contributed by atoms with Gasteiger partial charge in [-0.3, -0.25) is 4.98 Å². The van der Waals surface area contributed by atoms with E-state index >= 15 is 0 Å². The Kier molecular flexibility index (Phi) is 4.69. The third-order valence-electron chi connectivity index (χ3n) is 4.33. The van der Waals surface area contributed by atoms with Gasteiger partial charge in [0.1, 0.15) is 5.60 Å². The fraction of sp³-hybridized carbons (Fsp3) is 0.526. The van der Waals surface area contributed by atoms with E-state index in [0.717, 1.165) is 42.4 Å². The summed E-state index contributed by atoms with van der Waals surface area (Å²) in [7, 11) is 0. The Balaban J connectivity index is 1.65. The maximum absolute atomic E-state index is 12.0. The molecule has 0 radical (unpaired) electrons. The van der Waals surface area contributed by atoms with Crippen LogP contribution in [0, 0.1) is 5.92 Å². The van der Waals surface area contributed by atoms with Crippen LogP contribution in [0.4, 0.5) is 4.79 Å². The third kappa shape index (κ3) is 4.22. The van der Waals surface area contributed by atoms with Crippen molar-refractivity contribution in [2.75, 3.05) is 0 Å². The summed E-state index contributed by atoms with van der Waals surface area (Å²) in [6.45, 7) is 5.64. The Bertz CT molecular complexity index is 724. The number of amides is 1. The van der Waals surface area contributed by atoms with Crippen molar-refractivity contribution in [1.29, 1.82) is 0 Å². The van der Waals surface area contributed by atoms with E-state index in [1.165, 1.54) is 0 Å². The fourth-order valence-electron chi connectivity index (χ4n) is 3.29. The first-order chi connectivity index (χ1) is 11.4. The SMILES string of the molecule is CC(C)(C)OC(=O)N[C@@H]1CCC[C@@H]1Cc1cnc2ccccc2n1. The van der Waals surface area contributed by atoms with Gasteiger partial charge in [0.2, 0.25) is 0 Å². The van der Waals surface area contributed by atoms with Crippen LogP contribution in [-0.4, -0.2) is 27.7 Å². The standard InChI is InChI=1S/C19H25N3O2/c1-19(2,3)24-18(23)22-15-10-6-7-13(15)11-14-12-20-16-8-4-5-9-17(16)21-14/h4-5,8-9,12-13,15H,6-7,10-11H2,1-3H3,(H,22,23)/t13-,15-/m1/s1. The Morgan fingerprint density at radius 3 is 2.75 bits per heavy atom. The van der Waals surface area contributed by atoms with Gasteiger partial charge in [0, 0.05) is 12.2 Å². The summed E-state index contributed by atoms with van der Waals surface area (Å²) in [5.74, 6) is 0.382. The molecule has 5 nitrogen and oxygen atoms in total. The van der Waals surface area contributed by atoms with Crippen LogP contribution in [0.15, 0.2) is 30.5 Å². The number of aromatic nitrogens is 2. The van der Waals surface area contributed by atoms with Crippen molar-refractivity contribution in [2.45, 2.75) is 58.1 Å². The molecule has 0 unspecified atom stereocenters. The minimum absolute atomic E-state index is 0.146. The monoisotopic (exact) mass is 327 g/mol. The summed E-state index contributed by atoms with van der Waals surface area (Å²) in [4.78, 5) is 21.2. The normalized spacial score (nSPS) is 21.0. The number of hydrogen-bond donors (Lipinski definition) is 1. The van der Waals surface area contributed by atoms with Gasteiger partial charge in [-0.25, -0.2) is 9.78 Å². The number of alkyl carbamates (subject to hydrolysis) is 1. The zero-order chi connectivity index (χ0) is 17.2. The molecule has 2 aromatic rings. The van der Waals surface area contributed by atoms with E-state index in [9.17, 15) is 4.79 Å². The minimum Gasteiger partial charge on any atom is -0.444 e. The van der Waals surface area contributed by atoms with Crippen LogP contribution in [0.3, 0.4) is 0 Å². The van der Waals surface area contributed by atoms with E-state index in [2.05, 4.69) is 10.3 Å². The second kappa shape index (κ2) is 6.75. The average molecular weight is 327 g/mol. The van der Waals surface area contributed by atoms with Crippen LogP contribution in [0.1, 0.15) is 45.7 Å². The van der Waals surface area contributed by atoms with Gasteiger partial charge >= 0.3 is 6.09 Å². The first-order valence-electron chi connectivity index (χ1n) is 8.61. The van der Waals surface area contributed by atoms with Crippen molar-refractivity contribution in [3.05, 3.63) is 36.2 Å². The molecule has 1 aromatic heterocycles. The van der Waals surface area contributed by atoms with Gasteiger partial charge in [0.15, 0.2) is 0 Å². The molecule has 0 aliphatic heterocycles. The number of nitrogens with zero attached hydrogens (tertiary/aromatic N) is 2. The highest BCUT2D eigenvalue weighted by atomic mass is 16.6. The Labute approximate surface area is 142 Å². The number of hydrogen-bond acceptors (Lipinski definition) is 4. The van der Waals surface area contributed by atoms with E-state index in [-0.39, 0.29) is 12.1 Å². The van der Waals surface area contributed by atoms with Crippen LogP contribution in [0.2, 0.25) is 0 Å². The summed E-state index contributed by atoms with van der Waals surface area (Å²) in [6.07, 6.45) is 5.55. The van der Waals surface area contributed by atoms with Crippen LogP contribution < -0.4 is 5.32 Å². The number of nitrogens with one attached hydrogen (secondary N) is 1. The molecule has 128 valence electrons. The molecule has 1 aliphatic carbocycles. The summed E-state index contributed by atoms with van der Waals surface area (Å²) < 4.78 is 5.38. The summed E-state index contributed by atoms with van der Waals surface area (Å²) in [6, 6.07) is 8.04. The largest absolute Gasteiger partial charge is 0.444 e. The lowest BCUT2D eigenvalue weighted by atomic mass is 9.98. The number of carbonyl (C=O) groups is 1. The molecule has 0 bridgehead atoms. The van der Waals surface area contributed by atoms with Crippen molar-refractivity contribution in [3.63, 3.8) is 0 Å². The Morgan fingerprint density at radius 1 is 1.25 bits per heavy atom. The number of ether oxygens (including phenoxy) is 1. The molecule has 5 heteroatoms. The van der Waals surface area contributed by atoms with Crippen LogP contribution in [0.5, 0.6) is 0 Å². The highest BCUT2D eigenvalue weighted by Crippen LogP contribution is 2.29. The first-order valence-corrected chi connectivity index (χ1v) is 8.61. The molecule has 1 heterocycles. The van der Waals surface area contributed by atoms with E-state index in [1.54, 1.807) is 0 Å². The smallest absolute Gasteiger partial charge is 0.407 e. The molecule has 1 saturated carbocycles. The highest BCUT2D eigenvalue weighted by molar-refractivity contribution is 5.73. The lowest BCUT2D eigenvalue weighted by Gasteiger charge is -2.24. The van der Waals surface area contributed by atoms with Gasteiger partial charge in [0.05, 0.1) is 16.7 Å². The summed E-state index contributed by atoms with van der Waals surface area (Å²) >= 11 is 0. The Morgan fingerprint density at radius 2 is 2.00 bits per heavy atom. The van der Waals surface area contributed by atoms with Crippen molar-refractivity contribution >= 4 is 17.1 Å². The molecule has 1 fully saturated rings. The van der Waals surface area contributed by atoms with Crippen LogP contribution in [0.25, 0.3) is 11.0 Å². The molecular formula is C19H25N3O2. The second-order valence-electron chi connectivity index (χ2n) is 7.50. The maximum Gasteiger partial charge on any atom is 0.407 e. The van der Waals surface area contributed by atoms with Crippen molar-refractivity contribution < 1.29 is 9.53 Å². The van der Waals surface area contributed by atoms with E-state index in [4.69, 9.17) is 9.72 Å². The predicted octanol–water partition coefficient (Wildman–Crippen LogP) is 3.87. The lowest BCUT2D eigenvalue weighted by Crippen LogP contribution is -2.41. The van der Waals surface area contributed by atoms with Crippen LogP contribution in [-0.2, 0) is 11.2 Å².